The summed E-state index contributed by atoms with van der Waals surface area (Å²) >= 11 is 13.0. The van der Waals surface area contributed by atoms with E-state index in [2.05, 4.69) is 15.6 Å². The van der Waals surface area contributed by atoms with E-state index in [9.17, 15) is 13.2 Å². The van der Waals surface area contributed by atoms with Crippen LogP contribution >= 0.6 is 34.5 Å². The molecule has 0 fully saturated rings. The van der Waals surface area contributed by atoms with Crippen molar-refractivity contribution in [2.45, 2.75) is 13.2 Å². The van der Waals surface area contributed by atoms with Gasteiger partial charge in [0.1, 0.15) is 9.84 Å². The number of carbonyl (C=O) groups excluding carboxylic acids is 1. The quantitative estimate of drug-likeness (QED) is 0.617. The molecule has 7 nitrogen and oxygen atoms in total. The second kappa shape index (κ2) is 9.52. The molecule has 2 aromatic rings. The van der Waals surface area contributed by atoms with Gasteiger partial charge in [-0.2, -0.15) is 0 Å². The van der Waals surface area contributed by atoms with E-state index in [4.69, 9.17) is 27.9 Å². The molecule has 0 saturated carbocycles. The molecule has 0 spiro atoms. The van der Waals surface area contributed by atoms with E-state index < -0.39 is 15.9 Å². The lowest BCUT2D eigenvalue weighted by Crippen LogP contribution is -2.28. The minimum absolute atomic E-state index is 0.0423. The highest BCUT2D eigenvalue weighted by molar-refractivity contribution is 7.90. The maximum Gasteiger partial charge on any atom is 0.321 e. The average Bonchev–Trinajstić information content (AvgIpc) is 2.99. The first-order valence-corrected chi connectivity index (χ1v) is 11.1. The third-order valence-corrected chi connectivity index (χ3v) is 5.51. The number of halogens is 2. The van der Waals surface area contributed by atoms with E-state index in [1.807, 2.05) is 0 Å². The monoisotopic (exact) mass is 437 g/mol. The van der Waals surface area contributed by atoms with Gasteiger partial charge in [0.05, 0.1) is 34.7 Å². The van der Waals surface area contributed by atoms with Crippen molar-refractivity contribution >= 4 is 55.5 Å². The third-order valence-electron chi connectivity index (χ3n) is 3.06. The third kappa shape index (κ3) is 7.46. The fraction of sp³-hybridized carbons (Fsp3) is 0.333. The van der Waals surface area contributed by atoms with Crippen LogP contribution in [-0.2, 0) is 27.7 Å². The molecule has 1 aromatic heterocycles. The summed E-state index contributed by atoms with van der Waals surface area (Å²) in [5.74, 6) is -0.0423. The topological polar surface area (TPSA) is 97.4 Å². The van der Waals surface area contributed by atoms with Gasteiger partial charge < -0.3 is 10.1 Å². The van der Waals surface area contributed by atoms with Crippen molar-refractivity contribution in [2.24, 2.45) is 0 Å². The zero-order chi connectivity index (χ0) is 19.2. The first kappa shape index (κ1) is 20.9. The number of urea groups is 1. The lowest BCUT2D eigenvalue weighted by molar-refractivity contribution is 0.133. The van der Waals surface area contributed by atoms with E-state index in [-0.39, 0.29) is 25.5 Å². The molecule has 1 heterocycles. The molecule has 2 N–H and O–H groups in total. The second-order valence-corrected chi connectivity index (χ2v) is 9.31. The molecule has 11 heteroatoms. The molecule has 0 aliphatic heterocycles. The maximum absolute atomic E-state index is 11.9. The molecule has 0 aliphatic rings. The molecule has 0 aliphatic carbocycles. The number of ether oxygens (including phenoxy) is 1. The average molecular weight is 438 g/mol. The number of rotatable bonds is 8. The number of hydrogen-bond acceptors (Lipinski definition) is 6. The SMILES string of the molecule is CS(=O)(=O)CCOCc1csc(NC(=O)NCc2ccc(Cl)c(Cl)c2)n1. The van der Waals surface area contributed by atoms with Gasteiger partial charge in [0.25, 0.3) is 0 Å². The van der Waals surface area contributed by atoms with E-state index >= 15 is 0 Å². The van der Waals surface area contributed by atoms with Gasteiger partial charge in [0, 0.05) is 18.2 Å². The Morgan fingerprint density at radius 2 is 2.08 bits per heavy atom. The van der Waals surface area contributed by atoms with Crippen LogP contribution in [0, 0.1) is 0 Å². The van der Waals surface area contributed by atoms with E-state index in [1.54, 1.807) is 23.6 Å². The van der Waals surface area contributed by atoms with Crippen LogP contribution in [0.2, 0.25) is 10.0 Å². The Kier molecular flexibility index (Phi) is 7.66. The summed E-state index contributed by atoms with van der Waals surface area (Å²) < 4.78 is 27.3. The highest BCUT2D eigenvalue weighted by Gasteiger charge is 2.08. The fourth-order valence-corrected chi connectivity index (χ4v) is 3.22. The lowest BCUT2D eigenvalue weighted by Gasteiger charge is -2.06. The zero-order valence-corrected chi connectivity index (χ0v) is 16.9. The Hall–Kier alpha value is -1.39. The van der Waals surface area contributed by atoms with Gasteiger partial charge in [-0.25, -0.2) is 18.2 Å². The fourth-order valence-electron chi connectivity index (χ4n) is 1.79. The summed E-state index contributed by atoms with van der Waals surface area (Å²) in [6.45, 7) is 0.567. The van der Waals surface area contributed by atoms with Crippen LogP contribution in [0.1, 0.15) is 11.3 Å². The van der Waals surface area contributed by atoms with Gasteiger partial charge in [-0.3, -0.25) is 5.32 Å². The number of nitrogens with zero attached hydrogens (tertiary/aromatic N) is 1. The summed E-state index contributed by atoms with van der Waals surface area (Å²) in [6, 6.07) is 4.70. The summed E-state index contributed by atoms with van der Waals surface area (Å²) in [5.41, 5.74) is 1.43. The molecule has 2 rings (SSSR count). The number of aromatic nitrogens is 1. The highest BCUT2D eigenvalue weighted by Crippen LogP contribution is 2.22. The van der Waals surface area contributed by atoms with Gasteiger partial charge >= 0.3 is 6.03 Å². The Labute approximate surface area is 165 Å². The number of benzene rings is 1. The van der Waals surface area contributed by atoms with Crippen molar-refractivity contribution < 1.29 is 17.9 Å². The zero-order valence-electron chi connectivity index (χ0n) is 13.8. The number of hydrogen-bond donors (Lipinski definition) is 2. The first-order chi connectivity index (χ1) is 12.2. The number of anilines is 1. The van der Waals surface area contributed by atoms with Gasteiger partial charge in [0.2, 0.25) is 0 Å². The molecule has 142 valence electrons. The summed E-state index contributed by atoms with van der Waals surface area (Å²) in [7, 11) is -3.05. The van der Waals surface area contributed by atoms with Gasteiger partial charge in [-0.05, 0) is 17.7 Å². The first-order valence-electron chi connectivity index (χ1n) is 7.41. The van der Waals surface area contributed by atoms with Crippen molar-refractivity contribution in [3.63, 3.8) is 0 Å². The van der Waals surface area contributed by atoms with Crippen LogP contribution in [0.4, 0.5) is 9.93 Å². The molecule has 0 bridgehead atoms. The largest absolute Gasteiger partial charge is 0.374 e. The summed E-state index contributed by atoms with van der Waals surface area (Å²) in [5, 5.41) is 8.33. The number of carbonyl (C=O) groups is 1. The normalized spacial score (nSPS) is 11.3. The molecule has 0 radical (unpaired) electrons. The highest BCUT2D eigenvalue weighted by atomic mass is 35.5. The smallest absolute Gasteiger partial charge is 0.321 e. The predicted octanol–water partition coefficient (Wildman–Crippen LogP) is 3.33. The summed E-state index contributed by atoms with van der Waals surface area (Å²) in [6.07, 6.45) is 1.15. The molecular formula is C15H17Cl2N3O4S2. The molecule has 0 atom stereocenters. The Morgan fingerprint density at radius 3 is 2.77 bits per heavy atom. The van der Waals surface area contributed by atoms with Crippen LogP contribution in [0.5, 0.6) is 0 Å². The summed E-state index contributed by atoms with van der Waals surface area (Å²) in [4.78, 5) is 16.1. The van der Waals surface area contributed by atoms with E-state index in [1.165, 1.54) is 11.3 Å². The van der Waals surface area contributed by atoms with Crippen LogP contribution in [0.3, 0.4) is 0 Å². The molecule has 2 amide bonds. The number of nitrogens with one attached hydrogen (secondary N) is 2. The van der Waals surface area contributed by atoms with Gasteiger partial charge in [0.15, 0.2) is 5.13 Å². The van der Waals surface area contributed by atoms with Crippen LogP contribution in [0.25, 0.3) is 0 Å². The molecule has 26 heavy (non-hydrogen) atoms. The Morgan fingerprint density at radius 1 is 1.31 bits per heavy atom. The van der Waals surface area contributed by atoms with E-state index in [0.29, 0.717) is 20.9 Å². The molecule has 0 saturated heterocycles. The lowest BCUT2D eigenvalue weighted by atomic mass is 10.2. The van der Waals surface area contributed by atoms with Crippen molar-refractivity contribution in [1.82, 2.24) is 10.3 Å². The number of sulfone groups is 1. The minimum Gasteiger partial charge on any atom is -0.374 e. The van der Waals surface area contributed by atoms with Gasteiger partial charge in [-0.15, -0.1) is 11.3 Å². The molecule has 1 aromatic carbocycles. The standard InChI is InChI=1S/C15H17Cl2N3O4S2/c1-26(22,23)5-4-24-8-11-9-25-15(19-11)20-14(21)18-7-10-2-3-12(16)13(17)6-10/h2-3,6,9H,4-5,7-8H2,1H3,(H2,18,19,20,21). The van der Waals surface area contributed by atoms with Gasteiger partial charge in [-0.1, -0.05) is 29.3 Å². The maximum atomic E-state index is 11.9. The predicted molar refractivity (Wildman–Crippen MR) is 104 cm³/mol. The van der Waals surface area contributed by atoms with Crippen molar-refractivity contribution in [2.75, 3.05) is 23.9 Å². The van der Waals surface area contributed by atoms with Crippen molar-refractivity contribution in [3.05, 3.63) is 44.9 Å². The Balaban J connectivity index is 1.75. The van der Waals surface area contributed by atoms with Crippen molar-refractivity contribution in [3.8, 4) is 0 Å². The minimum atomic E-state index is -3.05. The van der Waals surface area contributed by atoms with Crippen LogP contribution in [-0.4, -0.2) is 38.0 Å². The number of amides is 2. The molecular weight excluding hydrogens is 421 g/mol. The van der Waals surface area contributed by atoms with E-state index in [0.717, 1.165) is 11.8 Å². The second-order valence-electron chi connectivity index (χ2n) is 5.38. The van der Waals surface area contributed by atoms with Crippen LogP contribution in [0.15, 0.2) is 23.6 Å². The number of thiazole rings is 1. The van der Waals surface area contributed by atoms with Crippen molar-refractivity contribution in [1.29, 1.82) is 0 Å². The van der Waals surface area contributed by atoms with Crippen LogP contribution < -0.4 is 10.6 Å². The molecule has 0 unspecified atom stereocenters. The Bertz CT molecular complexity index is 872.